The fraction of sp³-hybridized carbons (Fsp3) is 0.261. The zero-order valence-corrected chi connectivity index (χ0v) is 16.3. The minimum absolute atomic E-state index is 0.0674. The van der Waals surface area contributed by atoms with Crippen molar-refractivity contribution >= 4 is 29.0 Å². The normalized spacial score (nSPS) is 11.8. The van der Waals surface area contributed by atoms with Gasteiger partial charge in [0.05, 0.1) is 16.9 Å². The molecule has 144 valence electrons. The molecule has 0 radical (unpaired) electrons. The zero-order valence-electron chi connectivity index (χ0n) is 16.3. The second kappa shape index (κ2) is 9.13. The van der Waals surface area contributed by atoms with Crippen molar-refractivity contribution in [3.8, 4) is 11.3 Å². The van der Waals surface area contributed by atoms with E-state index in [-0.39, 0.29) is 5.96 Å². The van der Waals surface area contributed by atoms with Crippen LogP contribution in [0, 0.1) is 11.3 Å². The summed E-state index contributed by atoms with van der Waals surface area (Å²) in [5.41, 5.74) is 4.72. The second-order valence-electron chi connectivity index (χ2n) is 7.13. The smallest absolute Gasteiger partial charge is 0.213 e. The van der Waals surface area contributed by atoms with Crippen LogP contribution < -0.4 is 10.6 Å². The minimum Gasteiger partial charge on any atom is -0.325 e. The van der Waals surface area contributed by atoms with Crippen molar-refractivity contribution in [3.05, 3.63) is 60.2 Å². The molecule has 28 heavy (non-hydrogen) atoms. The molecule has 0 aliphatic rings. The largest absolute Gasteiger partial charge is 0.325 e. The Balaban J connectivity index is 2.05. The molecule has 0 fully saturated rings. The molecule has 0 bridgehead atoms. The summed E-state index contributed by atoms with van der Waals surface area (Å²) in [5.74, 6) is 0.560. The lowest BCUT2D eigenvalue weighted by molar-refractivity contribution is -0.108. The lowest BCUT2D eigenvalue weighted by atomic mass is 9.96. The molecule has 1 amide bonds. The Bertz CT molecular complexity index is 969. The van der Waals surface area contributed by atoms with Crippen molar-refractivity contribution in [1.29, 1.82) is 5.41 Å². The van der Waals surface area contributed by atoms with Gasteiger partial charge in [-0.1, -0.05) is 69.2 Å². The third kappa shape index (κ3) is 4.74. The van der Waals surface area contributed by atoms with Gasteiger partial charge in [-0.05, 0) is 30.0 Å². The van der Waals surface area contributed by atoms with Gasteiger partial charge < -0.3 is 5.32 Å². The number of hydrogen-bond acceptors (Lipinski definition) is 3. The lowest BCUT2D eigenvalue weighted by Crippen LogP contribution is -2.28. The van der Waals surface area contributed by atoms with E-state index in [4.69, 9.17) is 10.4 Å². The van der Waals surface area contributed by atoms with Crippen LogP contribution in [0.3, 0.4) is 0 Å². The number of anilines is 1. The first-order chi connectivity index (χ1) is 13.6. The Morgan fingerprint density at radius 1 is 1.18 bits per heavy atom. The molecular weight excluding hydrogens is 348 g/mol. The third-order valence-corrected chi connectivity index (χ3v) is 4.77. The maximum atomic E-state index is 10.7. The number of pyridine rings is 1. The number of aromatic nitrogens is 1. The number of hydrogen-bond donors (Lipinski definition) is 3. The van der Waals surface area contributed by atoms with Crippen molar-refractivity contribution in [2.75, 3.05) is 5.32 Å². The van der Waals surface area contributed by atoms with Crippen molar-refractivity contribution in [2.24, 2.45) is 5.92 Å². The zero-order chi connectivity index (χ0) is 19.9. The van der Waals surface area contributed by atoms with E-state index in [1.807, 2.05) is 42.5 Å². The number of carbonyl (C=O) groups is 1. The SMILES string of the molecule is CCCC(C)Cc1ccc2c(NC(=N)NC=O)cc(-c3ccccc3)nc2c1. The van der Waals surface area contributed by atoms with E-state index < -0.39 is 0 Å². The molecule has 3 N–H and O–H groups in total. The highest BCUT2D eigenvalue weighted by atomic mass is 16.1. The van der Waals surface area contributed by atoms with Crippen molar-refractivity contribution in [3.63, 3.8) is 0 Å². The molecule has 0 spiro atoms. The van der Waals surface area contributed by atoms with Crippen LogP contribution in [-0.2, 0) is 11.2 Å². The first-order valence-corrected chi connectivity index (χ1v) is 9.65. The van der Waals surface area contributed by atoms with E-state index in [1.165, 1.54) is 18.4 Å². The summed E-state index contributed by atoms with van der Waals surface area (Å²) >= 11 is 0. The summed E-state index contributed by atoms with van der Waals surface area (Å²) in [6.45, 7) is 4.49. The van der Waals surface area contributed by atoms with Gasteiger partial charge in [-0.15, -0.1) is 0 Å². The molecule has 3 aromatic rings. The Kier molecular flexibility index (Phi) is 6.37. The van der Waals surface area contributed by atoms with Crippen LogP contribution in [0.5, 0.6) is 0 Å². The van der Waals surface area contributed by atoms with Crippen LogP contribution in [0.2, 0.25) is 0 Å². The first kappa shape index (κ1) is 19.5. The van der Waals surface area contributed by atoms with E-state index in [1.54, 1.807) is 0 Å². The van der Waals surface area contributed by atoms with Crippen LogP contribution >= 0.6 is 0 Å². The molecule has 0 saturated heterocycles. The van der Waals surface area contributed by atoms with E-state index in [0.717, 1.165) is 34.3 Å². The van der Waals surface area contributed by atoms with Crippen LogP contribution in [-0.4, -0.2) is 17.4 Å². The van der Waals surface area contributed by atoms with Gasteiger partial charge in [0.1, 0.15) is 0 Å². The summed E-state index contributed by atoms with van der Waals surface area (Å²) in [7, 11) is 0. The van der Waals surface area contributed by atoms with Gasteiger partial charge in [0.2, 0.25) is 6.41 Å². The van der Waals surface area contributed by atoms with Gasteiger partial charge in [-0.3, -0.25) is 15.5 Å². The van der Waals surface area contributed by atoms with Gasteiger partial charge in [0.25, 0.3) is 0 Å². The molecule has 0 aliphatic heterocycles. The molecule has 5 nitrogen and oxygen atoms in total. The topological polar surface area (TPSA) is 77.9 Å². The summed E-state index contributed by atoms with van der Waals surface area (Å²) in [4.78, 5) is 15.5. The summed E-state index contributed by atoms with van der Waals surface area (Å²) in [6, 6.07) is 18.2. The number of nitrogens with zero attached hydrogens (tertiary/aromatic N) is 1. The number of amides is 1. The molecule has 5 heteroatoms. The molecule has 2 aromatic carbocycles. The number of nitrogens with one attached hydrogen (secondary N) is 3. The monoisotopic (exact) mass is 374 g/mol. The van der Waals surface area contributed by atoms with Crippen LogP contribution in [0.25, 0.3) is 22.2 Å². The van der Waals surface area contributed by atoms with E-state index >= 15 is 0 Å². The maximum Gasteiger partial charge on any atom is 0.213 e. The maximum absolute atomic E-state index is 10.7. The lowest BCUT2D eigenvalue weighted by Gasteiger charge is -2.14. The van der Waals surface area contributed by atoms with Crippen LogP contribution in [0.4, 0.5) is 5.69 Å². The molecule has 1 heterocycles. The second-order valence-corrected chi connectivity index (χ2v) is 7.13. The van der Waals surface area contributed by atoms with E-state index in [0.29, 0.717) is 12.3 Å². The average molecular weight is 374 g/mol. The predicted molar refractivity (Wildman–Crippen MR) is 116 cm³/mol. The van der Waals surface area contributed by atoms with Gasteiger partial charge in [-0.2, -0.15) is 0 Å². The molecule has 1 aromatic heterocycles. The van der Waals surface area contributed by atoms with Crippen molar-refractivity contribution in [2.45, 2.75) is 33.1 Å². The number of carbonyl (C=O) groups excluding carboxylic acids is 1. The predicted octanol–water partition coefficient (Wildman–Crippen LogP) is 4.97. The highest BCUT2D eigenvalue weighted by Crippen LogP contribution is 2.29. The number of rotatable bonds is 7. The molecule has 1 unspecified atom stereocenters. The van der Waals surface area contributed by atoms with Crippen molar-refractivity contribution < 1.29 is 4.79 Å². The van der Waals surface area contributed by atoms with Gasteiger partial charge >= 0.3 is 0 Å². The molecule has 3 rings (SSSR count). The van der Waals surface area contributed by atoms with Crippen LogP contribution in [0.1, 0.15) is 32.3 Å². The molecular formula is C23H26N4O. The highest BCUT2D eigenvalue weighted by molar-refractivity contribution is 6.04. The highest BCUT2D eigenvalue weighted by Gasteiger charge is 2.11. The fourth-order valence-corrected chi connectivity index (χ4v) is 3.49. The average Bonchev–Trinajstić information content (AvgIpc) is 2.68. The Labute approximate surface area is 165 Å². The number of guanidine groups is 1. The molecule has 1 atom stereocenters. The van der Waals surface area contributed by atoms with E-state index in [9.17, 15) is 4.79 Å². The van der Waals surface area contributed by atoms with Crippen molar-refractivity contribution in [1.82, 2.24) is 10.3 Å². The third-order valence-electron chi connectivity index (χ3n) is 4.77. The number of benzene rings is 2. The van der Waals surface area contributed by atoms with E-state index in [2.05, 4.69) is 36.6 Å². The van der Waals surface area contributed by atoms with Gasteiger partial charge in [0.15, 0.2) is 5.96 Å². The Hall–Kier alpha value is -3.21. The summed E-state index contributed by atoms with van der Waals surface area (Å²) < 4.78 is 0. The fourth-order valence-electron chi connectivity index (χ4n) is 3.49. The summed E-state index contributed by atoms with van der Waals surface area (Å²) in [5, 5.41) is 14.1. The summed E-state index contributed by atoms with van der Waals surface area (Å²) in [6.07, 6.45) is 3.90. The minimum atomic E-state index is -0.0674. The molecule has 0 aliphatic carbocycles. The van der Waals surface area contributed by atoms with Gasteiger partial charge in [-0.25, -0.2) is 4.98 Å². The standard InChI is InChI=1S/C23H26N4O/c1-3-7-16(2)12-17-10-11-19-21(13-17)26-20(18-8-5-4-6-9-18)14-22(19)27-23(24)25-15-28/h4-6,8-11,13-16H,3,7,12H2,1-2H3,(H3,24,25,26,27,28). The number of fused-ring (bicyclic) bond motifs is 1. The first-order valence-electron chi connectivity index (χ1n) is 9.65. The van der Waals surface area contributed by atoms with Crippen LogP contribution in [0.15, 0.2) is 54.6 Å². The Morgan fingerprint density at radius 3 is 2.68 bits per heavy atom. The Morgan fingerprint density at radius 2 is 1.96 bits per heavy atom. The van der Waals surface area contributed by atoms with Gasteiger partial charge in [0, 0.05) is 10.9 Å². The quantitative estimate of drug-likeness (QED) is 0.310. The molecule has 0 saturated carbocycles.